The predicted octanol–water partition coefficient (Wildman–Crippen LogP) is 4.42. The zero-order chi connectivity index (χ0) is 13.3. The van der Waals surface area contributed by atoms with Crippen LogP contribution in [0.3, 0.4) is 0 Å². The zero-order valence-electron chi connectivity index (χ0n) is 12.2. The first-order valence-corrected chi connectivity index (χ1v) is 6.54. The first kappa shape index (κ1) is 14.2. The highest BCUT2D eigenvalue weighted by molar-refractivity contribution is 5.30. The summed E-state index contributed by atoms with van der Waals surface area (Å²) in [5.41, 5.74) is 9.25. The molecule has 0 saturated heterocycles. The molecule has 2 N–H and O–H groups in total. The molecule has 0 bridgehead atoms. The molecule has 1 rings (SSSR count). The van der Waals surface area contributed by atoms with Gasteiger partial charge in [-0.05, 0) is 28.4 Å². The molecule has 0 aliphatic rings. The van der Waals surface area contributed by atoms with Crippen molar-refractivity contribution in [3.05, 3.63) is 35.4 Å². The second-order valence-electron chi connectivity index (χ2n) is 6.70. The number of nitrogens with two attached hydrogens (primary N) is 1. The Morgan fingerprint density at radius 3 is 1.82 bits per heavy atom. The van der Waals surface area contributed by atoms with Crippen LogP contribution in [0, 0.1) is 5.41 Å². The molecule has 1 aromatic rings. The molecule has 96 valence electrons. The number of hydrogen-bond acceptors (Lipinski definition) is 1. The van der Waals surface area contributed by atoms with Gasteiger partial charge in [-0.15, -0.1) is 0 Å². The summed E-state index contributed by atoms with van der Waals surface area (Å²) in [6, 6.07) is 8.92. The average Bonchev–Trinajstić information content (AvgIpc) is 2.27. The third-order valence-electron chi connectivity index (χ3n) is 3.87. The maximum Gasteiger partial charge on any atom is 0.0344 e. The van der Waals surface area contributed by atoms with Gasteiger partial charge in [0.2, 0.25) is 0 Å². The van der Waals surface area contributed by atoms with Crippen molar-refractivity contribution in [2.45, 2.75) is 59.4 Å². The lowest BCUT2D eigenvalue weighted by Crippen LogP contribution is -2.26. The fourth-order valence-corrected chi connectivity index (χ4v) is 1.85. The standard InChI is InChI=1S/C16H27N/c1-7-16(5,6)13-10-8-12(9-11-13)14(17)15(2,3)4/h8-11,14H,7,17H2,1-6H3. The highest BCUT2D eigenvalue weighted by Crippen LogP contribution is 2.32. The topological polar surface area (TPSA) is 26.0 Å². The lowest BCUT2D eigenvalue weighted by Gasteiger charge is -2.29. The van der Waals surface area contributed by atoms with Crippen LogP contribution in [0.25, 0.3) is 0 Å². The Balaban J connectivity index is 2.97. The maximum absolute atomic E-state index is 6.26. The summed E-state index contributed by atoms with van der Waals surface area (Å²) in [4.78, 5) is 0. The molecule has 0 heterocycles. The summed E-state index contributed by atoms with van der Waals surface area (Å²) in [5.74, 6) is 0. The van der Waals surface area contributed by atoms with E-state index < -0.39 is 0 Å². The Morgan fingerprint density at radius 1 is 1.00 bits per heavy atom. The van der Waals surface area contributed by atoms with Gasteiger partial charge in [0.05, 0.1) is 0 Å². The van der Waals surface area contributed by atoms with Gasteiger partial charge in [0.1, 0.15) is 0 Å². The monoisotopic (exact) mass is 233 g/mol. The largest absolute Gasteiger partial charge is 0.324 e. The van der Waals surface area contributed by atoms with Crippen LogP contribution in [-0.4, -0.2) is 0 Å². The number of rotatable bonds is 3. The van der Waals surface area contributed by atoms with Gasteiger partial charge in [0, 0.05) is 6.04 Å². The summed E-state index contributed by atoms with van der Waals surface area (Å²) in [6.45, 7) is 13.3. The van der Waals surface area contributed by atoms with Gasteiger partial charge in [-0.2, -0.15) is 0 Å². The van der Waals surface area contributed by atoms with Crippen molar-refractivity contribution < 1.29 is 0 Å². The quantitative estimate of drug-likeness (QED) is 0.821. The van der Waals surface area contributed by atoms with Crippen LogP contribution in [0.4, 0.5) is 0 Å². The third kappa shape index (κ3) is 3.32. The second-order valence-corrected chi connectivity index (χ2v) is 6.70. The minimum atomic E-state index is 0.0984. The van der Waals surface area contributed by atoms with Crippen LogP contribution in [0.2, 0.25) is 0 Å². The van der Waals surface area contributed by atoms with E-state index in [1.165, 1.54) is 11.1 Å². The maximum atomic E-state index is 6.26. The summed E-state index contributed by atoms with van der Waals surface area (Å²) in [7, 11) is 0. The van der Waals surface area contributed by atoms with Crippen LogP contribution in [-0.2, 0) is 5.41 Å². The molecule has 0 aliphatic carbocycles. The van der Waals surface area contributed by atoms with Crippen molar-refractivity contribution in [3.8, 4) is 0 Å². The zero-order valence-corrected chi connectivity index (χ0v) is 12.2. The number of hydrogen-bond donors (Lipinski definition) is 1. The molecule has 0 radical (unpaired) electrons. The highest BCUT2D eigenvalue weighted by atomic mass is 14.7. The van der Waals surface area contributed by atoms with E-state index in [2.05, 4.69) is 65.8 Å². The summed E-state index contributed by atoms with van der Waals surface area (Å²) in [5, 5.41) is 0. The fraction of sp³-hybridized carbons (Fsp3) is 0.625. The Morgan fingerprint density at radius 2 is 1.47 bits per heavy atom. The van der Waals surface area contributed by atoms with Crippen LogP contribution in [0.5, 0.6) is 0 Å². The van der Waals surface area contributed by atoms with E-state index in [0.717, 1.165) is 6.42 Å². The molecule has 0 saturated carbocycles. The van der Waals surface area contributed by atoms with Crippen molar-refractivity contribution in [2.24, 2.45) is 11.1 Å². The van der Waals surface area contributed by atoms with E-state index in [1.54, 1.807) is 0 Å². The van der Waals surface area contributed by atoms with Gasteiger partial charge in [-0.25, -0.2) is 0 Å². The molecule has 0 fully saturated rings. The summed E-state index contributed by atoms with van der Waals surface area (Å²) < 4.78 is 0. The lowest BCUT2D eigenvalue weighted by atomic mass is 9.79. The average molecular weight is 233 g/mol. The van der Waals surface area contributed by atoms with E-state index >= 15 is 0 Å². The molecule has 0 aliphatic heterocycles. The third-order valence-corrected chi connectivity index (χ3v) is 3.87. The van der Waals surface area contributed by atoms with Crippen molar-refractivity contribution in [2.75, 3.05) is 0 Å². The first-order valence-electron chi connectivity index (χ1n) is 6.54. The SMILES string of the molecule is CCC(C)(C)c1ccc(C(N)C(C)(C)C)cc1. The Kier molecular flexibility index (Phi) is 4.03. The van der Waals surface area contributed by atoms with Crippen molar-refractivity contribution >= 4 is 0 Å². The Labute approximate surface area is 106 Å². The van der Waals surface area contributed by atoms with Crippen LogP contribution < -0.4 is 5.73 Å². The second kappa shape index (κ2) is 4.81. The molecular formula is C16H27N. The molecule has 0 amide bonds. The highest BCUT2D eigenvalue weighted by Gasteiger charge is 2.23. The van der Waals surface area contributed by atoms with Crippen molar-refractivity contribution in [3.63, 3.8) is 0 Å². The van der Waals surface area contributed by atoms with Crippen LogP contribution >= 0.6 is 0 Å². The molecular weight excluding hydrogens is 206 g/mol. The van der Waals surface area contributed by atoms with E-state index in [9.17, 15) is 0 Å². The molecule has 1 heteroatoms. The summed E-state index contributed by atoms with van der Waals surface area (Å²) in [6.07, 6.45) is 1.15. The van der Waals surface area contributed by atoms with Crippen molar-refractivity contribution in [1.29, 1.82) is 0 Å². The van der Waals surface area contributed by atoms with Crippen LogP contribution in [0.1, 0.15) is 65.1 Å². The molecule has 1 unspecified atom stereocenters. The molecule has 1 aromatic carbocycles. The smallest absolute Gasteiger partial charge is 0.0344 e. The fourth-order valence-electron chi connectivity index (χ4n) is 1.85. The van der Waals surface area contributed by atoms with Gasteiger partial charge < -0.3 is 5.73 Å². The summed E-state index contributed by atoms with van der Waals surface area (Å²) >= 11 is 0. The van der Waals surface area contributed by atoms with E-state index in [0.29, 0.717) is 0 Å². The van der Waals surface area contributed by atoms with Crippen LogP contribution in [0.15, 0.2) is 24.3 Å². The molecule has 1 nitrogen and oxygen atoms in total. The molecule has 1 atom stereocenters. The minimum absolute atomic E-state index is 0.0984. The predicted molar refractivity (Wildman–Crippen MR) is 76.1 cm³/mol. The van der Waals surface area contributed by atoms with Gasteiger partial charge in [-0.1, -0.05) is 65.8 Å². The minimum Gasteiger partial charge on any atom is -0.324 e. The molecule has 0 aromatic heterocycles. The Hall–Kier alpha value is -0.820. The Bertz CT molecular complexity index is 354. The van der Waals surface area contributed by atoms with E-state index in [1.807, 2.05) is 0 Å². The molecule has 0 spiro atoms. The lowest BCUT2D eigenvalue weighted by molar-refractivity contribution is 0.327. The van der Waals surface area contributed by atoms with Gasteiger partial charge >= 0.3 is 0 Å². The first-order chi connectivity index (χ1) is 7.68. The van der Waals surface area contributed by atoms with Crippen molar-refractivity contribution in [1.82, 2.24) is 0 Å². The van der Waals surface area contributed by atoms with Gasteiger partial charge in [0.15, 0.2) is 0 Å². The van der Waals surface area contributed by atoms with E-state index in [4.69, 9.17) is 5.73 Å². The normalized spacial score (nSPS) is 14.8. The van der Waals surface area contributed by atoms with E-state index in [-0.39, 0.29) is 16.9 Å². The van der Waals surface area contributed by atoms with Gasteiger partial charge in [-0.3, -0.25) is 0 Å². The van der Waals surface area contributed by atoms with Gasteiger partial charge in [0.25, 0.3) is 0 Å². The molecule has 17 heavy (non-hydrogen) atoms. The number of benzene rings is 1.